The number of benzene rings is 1. The highest BCUT2D eigenvalue weighted by Gasteiger charge is 2.16. The average Bonchev–Trinajstić information content (AvgIpc) is 2.39. The van der Waals surface area contributed by atoms with E-state index in [0.717, 1.165) is 38.2 Å². The normalized spacial score (nSPS) is 15.8. The Morgan fingerprint density at radius 1 is 1.20 bits per heavy atom. The Morgan fingerprint density at radius 3 is 2.40 bits per heavy atom. The second-order valence-electron chi connectivity index (χ2n) is 4.84. The Bertz CT molecular complexity index is 381. The van der Waals surface area contributed by atoms with Gasteiger partial charge in [-0.2, -0.15) is 0 Å². The molecule has 1 saturated heterocycles. The third-order valence-corrected chi connectivity index (χ3v) is 3.34. The smallest absolute Gasteiger partial charge is 0.225 e. The molecular formula is C14H23Cl2N3O. The number of halogens is 2. The molecule has 0 bridgehead atoms. The zero-order valence-electron chi connectivity index (χ0n) is 11.5. The number of hydrogen-bond acceptors (Lipinski definition) is 3. The minimum Gasteiger partial charge on any atom is -0.328 e. The maximum absolute atomic E-state index is 11.8. The van der Waals surface area contributed by atoms with Crippen molar-refractivity contribution in [2.24, 2.45) is 5.73 Å². The maximum atomic E-state index is 11.8. The molecule has 0 saturated carbocycles. The third-order valence-electron chi connectivity index (χ3n) is 3.34. The molecule has 1 aliphatic rings. The summed E-state index contributed by atoms with van der Waals surface area (Å²) in [5, 5.41) is 2.90. The van der Waals surface area contributed by atoms with Crippen LogP contribution in [0.4, 0.5) is 5.69 Å². The molecule has 0 aromatic heterocycles. The molecule has 0 aliphatic carbocycles. The predicted molar refractivity (Wildman–Crippen MR) is 87.8 cm³/mol. The van der Waals surface area contributed by atoms with Gasteiger partial charge in [0.1, 0.15) is 0 Å². The Kier molecular flexibility index (Phi) is 9.59. The number of amides is 1. The maximum Gasteiger partial charge on any atom is 0.225 e. The quantitative estimate of drug-likeness (QED) is 0.895. The Hall–Kier alpha value is -0.810. The number of piperidine rings is 1. The number of nitrogens with one attached hydrogen (secondary N) is 1. The lowest BCUT2D eigenvalue weighted by Crippen LogP contribution is -2.40. The number of anilines is 1. The monoisotopic (exact) mass is 319 g/mol. The molecule has 1 aliphatic heterocycles. The van der Waals surface area contributed by atoms with Crippen LogP contribution in [0.5, 0.6) is 0 Å². The lowest BCUT2D eigenvalue weighted by atomic mass is 10.1. The first-order chi connectivity index (χ1) is 8.74. The van der Waals surface area contributed by atoms with Crippen LogP contribution in [-0.4, -0.2) is 36.5 Å². The van der Waals surface area contributed by atoms with Crippen molar-refractivity contribution in [2.45, 2.75) is 25.3 Å². The number of carbonyl (C=O) groups excluding carboxylic acids is 1. The van der Waals surface area contributed by atoms with Crippen molar-refractivity contribution in [2.75, 3.05) is 25.0 Å². The summed E-state index contributed by atoms with van der Waals surface area (Å²) in [7, 11) is 0. The molecule has 1 aromatic rings. The summed E-state index contributed by atoms with van der Waals surface area (Å²) in [6, 6.07) is 9.92. The van der Waals surface area contributed by atoms with Gasteiger partial charge in [-0.05, 0) is 38.1 Å². The van der Waals surface area contributed by atoms with Crippen LogP contribution in [-0.2, 0) is 4.79 Å². The molecule has 1 aromatic carbocycles. The lowest BCUT2D eigenvalue weighted by Gasteiger charge is -2.29. The zero-order chi connectivity index (χ0) is 12.8. The summed E-state index contributed by atoms with van der Waals surface area (Å²) in [6.07, 6.45) is 2.63. The van der Waals surface area contributed by atoms with E-state index in [-0.39, 0.29) is 30.7 Å². The van der Waals surface area contributed by atoms with Crippen LogP contribution in [0.2, 0.25) is 0 Å². The molecule has 1 amide bonds. The second kappa shape index (κ2) is 10.00. The SMILES string of the molecule is Cl.Cl.NC1CCN(CCC(=O)Nc2ccccc2)CC1. The summed E-state index contributed by atoms with van der Waals surface area (Å²) in [5.74, 6) is 0.0797. The minimum atomic E-state index is 0. The van der Waals surface area contributed by atoms with Crippen molar-refractivity contribution in [3.63, 3.8) is 0 Å². The van der Waals surface area contributed by atoms with Crippen molar-refractivity contribution < 1.29 is 4.79 Å². The van der Waals surface area contributed by atoms with Gasteiger partial charge in [0.25, 0.3) is 0 Å². The molecule has 0 spiro atoms. The van der Waals surface area contributed by atoms with E-state index in [9.17, 15) is 4.79 Å². The third kappa shape index (κ3) is 6.57. The van der Waals surface area contributed by atoms with Gasteiger partial charge in [0, 0.05) is 24.7 Å². The van der Waals surface area contributed by atoms with Crippen molar-refractivity contribution >= 4 is 36.4 Å². The largest absolute Gasteiger partial charge is 0.328 e. The Labute approximate surface area is 132 Å². The molecule has 3 N–H and O–H groups in total. The first-order valence-electron chi connectivity index (χ1n) is 6.57. The van der Waals surface area contributed by atoms with Gasteiger partial charge in [0.15, 0.2) is 0 Å². The zero-order valence-corrected chi connectivity index (χ0v) is 13.1. The predicted octanol–water partition coefficient (Wildman–Crippen LogP) is 2.28. The van der Waals surface area contributed by atoms with Gasteiger partial charge in [-0.15, -0.1) is 24.8 Å². The summed E-state index contributed by atoms with van der Waals surface area (Å²) in [4.78, 5) is 14.1. The standard InChI is InChI=1S/C14H21N3O.2ClH/c15-12-6-9-17(10-7-12)11-8-14(18)16-13-4-2-1-3-5-13;;/h1-5,12H,6-11,15H2,(H,16,18);2*1H. The topological polar surface area (TPSA) is 58.4 Å². The van der Waals surface area contributed by atoms with Crippen LogP contribution in [0.3, 0.4) is 0 Å². The Balaban J connectivity index is 0.00000180. The van der Waals surface area contributed by atoms with Gasteiger partial charge in [-0.1, -0.05) is 18.2 Å². The highest BCUT2D eigenvalue weighted by molar-refractivity contribution is 5.90. The molecule has 20 heavy (non-hydrogen) atoms. The fraction of sp³-hybridized carbons (Fsp3) is 0.500. The first kappa shape index (κ1) is 19.2. The first-order valence-corrected chi connectivity index (χ1v) is 6.57. The van der Waals surface area contributed by atoms with Gasteiger partial charge in [-0.3, -0.25) is 4.79 Å². The number of nitrogens with zero attached hydrogens (tertiary/aromatic N) is 1. The molecule has 0 atom stereocenters. The number of nitrogens with two attached hydrogens (primary N) is 1. The van der Waals surface area contributed by atoms with Gasteiger partial charge < -0.3 is 16.0 Å². The van der Waals surface area contributed by atoms with Crippen molar-refractivity contribution in [1.29, 1.82) is 0 Å². The fourth-order valence-corrected chi connectivity index (χ4v) is 2.18. The summed E-state index contributed by atoms with van der Waals surface area (Å²) in [6.45, 7) is 2.85. The molecule has 0 radical (unpaired) electrons. The number of para-hydroxylation sites is 1. The van der Waals surface area contributed by atoms with Crippen LogP contribution in [0.15, 0.2) is 30.3 Å². The van der Waals surface area contributed by atoms with E-state index < -0.39 is 0 Å². The van der Waals surface area contributed by atoms with Crippen molar-refractivity contribution in [3.05, 3.63) is 30.3 Å². The highest BCUT2D eigenvalue weighted by atomic mass is 35.5. The summed E-state index contributed by atoms with van der Waals surface area (Å²) in [5.41, 5.74) is 6.71. The summed E-state index contributed by atoms with van der Waals surface area (Å²) >= 11 is 0. The van der Waals surface area contributed by atoms with Crippen molar-refractivity contribution in [3.8, 4) is 0 Å². The lowest BCUT2D eigenvalue weighted by molar-refractivity contribution is -0.116. The number of rotatable bonds is 4. The average molecular weight is 320 g/mol. The van der Waals surface area contributed by atoms with Crippen LogP contribution < -0.4 is 11.1 Å². The van der Waals surface area contributed by atoms with Gasteiger partial charge in [0.2, 0.25) is 5.91 Å². The van der Waals surface area contributed by atoms with Crippen LogP contribution in [0.1, 0.15) is 19.3 Å². The summed E-state index contributed by atoms with van der Waals surface area (Å²) < 4.78 is 0. The highest BCUT2D eigenvalue weighted by Crippen LogP contribution is 2.09. The van der Waals surface area contributed by atoms with Gasteiger partial charge in [0.05, 0.1) is 0 Å². The molecule has 2 rings (SSSR count). The van der Waals surface area contributed by atoms with Crippen LogP contribution in [0, 0.1) is 0 Å². The number of carbonyl (C=O) groups is 1. The van der Waals surface area contributed by atoms with E-state index in [1.807, 2.05) is 30.3 Å². The number of hydrogen-bond donors (Lipinski definition) is 2. The van der Waals surface area contributed by atoms with Gasteiger partial charge in [-0.25, -0.2) is 0 Å². The Morgan fingerprint density at radius 2 is 1.80 bits per heavy atom. The second-order valence-corrected chi connectivity index (χ2v) is 4.84. The van der Waals surface area contributed by atoms with E-state index in [1.165, 1.54) is 0 Å². The van der Waals surface area contributed by atoms with E-state index in [0.29, 0.717) is 12.5 Å². The van der Waals surface area contributed by atoms with E-state index >= 15 is 0 Å². The van der Waals surface area contributed by atoms with E-state index in [4.69, 9.17) is 5.73 Å². The van der Waals surface area contributed by atoms with Gasteiger partial charge >= 0.3 is 0 Å². The molecule has 4 nitrogen and oxygen atoms in total. The molecule has 1 heterocycles. The fourth-order valence-electron chi connectivity index (χ4n) is 2.18. The molecule has 0 unspecified atom stereocenters. The van der Waals surface area contributed by atoms with E-state index in [1.54, 1.807) is 0 Å². The van der Waals surface area contributed by atoms with E-state index in [2.05, 4.69) is 10.2 Å². The molecule has 1 fully saturated rings. The minimum absolute atomic E-state index is 0. The van der Waals surface area contributed by atoms with Crippen LogP contribution >= 0.6 is 24.8 Å². The number of likely N-dealkylation sites (tertiary alicyclic amines) is 1. The molecular weight excluding hydrogens is 297 g/mol. The molecule has 114 valence electrons. The van der Waals surface area contributed by atoms with Crippen molar-refractivity contribution in [1.82, 2.24) is 4.90 Å². The van der Waals surface area contributed by atoms with Crippen LogP contribution in [0.25, 0.3) is 0 Å². The molecule has 6 heteroatoms.